The molecule has 2 heteroatoms. The van der Waals surface area contributed by atoms with Crippen molar-refractivity contribution in [1.82, 2.24) is 0 Å². The van der Waals surface area contributed by atoms with Crippen molar-refractivity contribution in [2.75, 3.05) is 5.73 Å². The first-order valence-corrected chi connectivity index (χ1v) is 7.35. The first kappa shape index (κ1) is 12.6. The molecule has 19 heavy (non-hydrogen) atoms. The number of hydrogen-bond acceptors (Lipinski definition) is 1. The lowest BCUT2D eigenvalue weighted by atomic mass is 9.43. The predicted octanol–water partition coefficient (Wildman–Crippen LogP) is 3.63. The van der Waals surface area contributed by atoms with Gasteiger partial charge in [0.1, 0.15) is 0 Å². The average molecular weight is 251 g/mol. The highest BCUT2D eigenvalue weighted by Gasteiger charge is 2.34. The highest BCUT2D eigenvalue weighted by Crippen LogP contribution is 2.39. The van der Waals surface area contributed by atoms with Gasteiger partial charge in [0.05, 0.1) is 0 Å². The average Bonchev–Trinajstić information content (AvgIpc) is 2.63. The molecule has 0 bridgehead atoms. The van der Waals surface area contributed by atoms with E-state index in [0.717, 1.165) is 12.1 Å². The van der Waals surface area contributed by atoms with Crippen LogP contribution in [0.5, 0.6) is 0 Å². The number of benzene rings is 1. The van der Waals surface area contributed by atoms with Crippen LogP contribution in [0.15, 0.2) is 29.8 Å². The summed E-state index contributed by atoms with van der Waals surface area (Å²) in [5.74, 6) is 1.13. The normalized spacial score (nSPS) is 21.1. The van der Waals surface area contributed by atoms with Gasteiger partial charge in [-0.2, -0.15) is 0 Å². The second-order valence-electron chi connectivity index (χ2n) is 6.36. The van der Waals surface area contributed by atoms with Gasteiger partial charge in [-0.25, -0.2) is 0 Å². The Morgan fingerprint density at radius 3 is 2.74 bits per heavy atom. The molecule has 1 atom stereocenters. The molecule has 1 aromatic carbocycles. The van der Waals surface area contributed by atoms with Crippen LogP contribution in [0.3, 0.4) is 0 Å². The molecular weight excluding hydrogens is 229 g/mol. The summed E-state index contributed by atoms with van der Waals surface area (Å²) in [6.45, 7) is 9.46. The van der Waals surface area contributed by atoms with Crippen molar-refractivity contribution in [3.63, 3.8) is 0 Å². The molecule has 1 aliphatic carbocycles. The Bertz CT molecular complexity index is 596. The molecule has 98 valence electrons. The van der Waals surface area contributed by atoms with E-state index in [9.17, 15) is 0 Å². The lowest BCUT2D eigenvalue weighted by molar-refractivity contribution is 0.738. The lowest BCUT2D eigenvalue weighted by Crippen LogP contribution is -2.29. The standard InChI is InChI=1S/C17H22BN/c1-10(2)12-6-7-13-14-9-11(3)5-8-15(14)18(4)16(13)17(12)19/h6-11H,5,19H2,1-4H3. The summed E-state index contributed by atoms with van der Waals surface area (Å²) in [4.78, 5) is 0. The Morgan fingerprint density at radius 2 is 2.05 bits per heavy atom. The van der Waals surface area contributed by atoms with Crippen molar-refractivity contribution in [3.05, 3.63) is 40.9 Å². The Morgan fingerprint density at radius 1 is 1.32 bits per heavy atom. The summed E-state index contributed by atoms with van der Waals surface area (Å²) < 4.78 is 0. The minimum absolute atomic E-state index is 0.451. The van der Waals surface area contributed by atoms with Gasteiger partial charge in [0, 0.05) is 5.69 Å². The van der Waals surface area contributed by atoms with E-state index in [1.54, 1.807) is 0 Å². The van der Waals surface area contributed by atoms with Crippen LogP contribution < -0.4 is 11.2 Å². The quantitative estimate of drug-likeness (QED) is 0.598. The molecule has 2 aliphatic rings. The van der Waals surface area contributed by atoms with Gasteiger partial charge >= 0.3 is 0 Å². The van der Waals surface area contributed by atoms with Crippen LogP contribution in [0.4, 0.5) is 5.69 Å². The molecule has 0 saturated carbocycles. The molecule has 0 saturated heterocycles. The van der Waals surface area contributed by atoms with Gasteiger partial charge in [-0.15, -0.1) is 0 Å². The molecule has 0 radical (unpaired) electrons. The van der Waals surface area contributed by atoms with Crippen molar-refractivity contribution in [2.45, 2.75) is 39.9 Å². The Kier molecular flexibility index (Phi) is 2.85. The molecule has 1 nitrogen and oxygen atoms in total. The topological polar surface area (TPSA) is 26.0 Å². The Balaban J connectivity index is 2.22. The smallest absolute Gasteiger partial charge is 0.210 e. The largest absolute Gasteiger partial charge is 0.399 e. The molecule has 2 N–H and O–H groups in total. The number of fused-ring (bicyclic) bond motifs is 3. The second-order valence-corrected chi connectivity index (χ2v) is 6.36. The SMILES string of the molecule is CB1C2=CCC(C)C=C2c2ccc(C(C)C)c(N)c21. The van der Waals surface area contributed by atoms with Crippen molar-refractivity contribution in [1.29, 1.82) is 0 Å². The number of hydrogen-bond donors (Lipinski definition) is 1. The summed E-state index contributed by atoms with van der Waals surface area (Å²) in [5, 5.41) is 0. The lowest BCUT2D eigenvalue weighted by Gasteiger charge is -2.15. The van der Waals surface area contributed by atoms with Crippen LogP contribution in [-0.4, -0.2) is 6.71 Å². The van der Waals surface area contributed by atoms with E-state index in [1.807, 2.05) is 0 Å². The summed E-state index contributed by atoms with van der Waals surface area (Å²) in [5.41, 5.74) is 14.4. The van der Waals surface area contributed by atoms with Crippen LogP contribution in [-0.2, 0) is 0 Å². The van der Waals surface area contributed by atoms with Crippen molar-refractivity contribution in [2.24, 2.45) is 5.92 Å². The zero-order valence-corrected chi connectivity index (χ0v) is 12.3. The third-order valence-electron chi connectivity index (χ3n) is 4.60. The van der Waals surface area contributed by atoms with Gasteiger partial charge in [0.2, 0.25) is 6.71 Å². The second kappa shape index (κ2) is 4.30. The maximum absolute atomic E-state index is 6.46. The van der Waals surface area contributed by atoms with E-state index in [4.69, 9.17) is 5.73 Å². The Hall–Kier alpha value is -1.44. The van der Waals surface area contributed by atoms with Gasteiger partial charge in [-0.05, 0) is 40.4 Å². The van der Waals surface area contributed by atoms with E-state index in [1.165, 1.54) is 27.6 Å². The molecule has 0 amide bonds. The molecule has 0 fully saturated rings. The number of nitrogens with two attached hydrogens (primary N) is 1. The molecule has 1 aromatic rings. The predicted molar refractivity (Wildman–Crippen MR) is 86.0 cm³/mol. The van der Waals surface area contributed by atoms with E-state index in [0.29, 0.717) is 18.5 Å². The molecular formula is C17H22BN. The van der Waals surface area contributed by atoms with Gasteiger partial charge in [0.25, 0.3) is 0 Å². The van der Waals surface area contributed by atoms with Gasteiger partial charge < -0.3 is 5.73 Å². The zero-order valence-electron chi connectivity index (χ0n) is 12.3. The molecule has 1 heterocycles. The summed E-state index contributed by atoms with van der Waals surface area (Å²) >= 11 is 0. The van der Waals surface area contributed by atoms with Gasteiger partial charge in [-0.3, -0.25) is 0 Å². The first-order chi connectivity index (χ1) is 9.00. The fourth-order valence-corrected chi connectivity index (χ4v) is 3.54. The van der Waals surface area contributed by atoms with Crippen LogP contribution in [0.2, 0.25) is 6.82 Å². The summed E-state index contributed by atoms with van der Waals surface area (Å²) in [6, 6.07) is 4.50. The van der Waals surface area contributed by atoms with Gasteiger partial charge in [0.15, 0.2) is 0 Å². The van der Waals surface area contributed by atoms with Crippen LogP contribution >= 0.6 is 0 Å². The molecule has 0 aromatic heterocycles. The van der Waals surface area contributed by atoms with Crippen LogP contribution in [0.25, 0.3) is 5.57 Å². The van der Waals surface area contributed by atoms with E-state index in [2.05, 4.69) is 51.9 Å². The van der Waals surface area contributed by atoms with E-state index < -0.39 is 0 Å². The number of anilines is 1. The molecule has 1 aliphatic heterocycles. The molecule has 3 rings (SSSR count). The maximum atomic E-state index is 6.46. The van der Waals surface area contributed by atoms with E-state index in [-0.39, 0.29) is 0 Å². The fourth-order valence-electron chi connectivity index (χ4n) is 3.54. The minimum atomic E-state index is 0.451. The Labute approximate surface area is 116 Å². The third-order valence-corrected chi connectivity index (χ3v) is 4.60. The highest BCUT2D eigenvalue weighted by atomic mass is 14.6. The highest BCUT2D eigenvalue weighted by molar-refractivity contribution is 6.85. The van der Waals surface area contributed by atoms with Crippen molar-refractivity contribution >= 4 is 23.4 Å². The number of rotatable bonds is 1. The minimum Gasteiger partial charge on any atom is -0.399 e. The van der Waals surface area contributed by atoms with Crippen molar-refractivity contribution in [3.8, 4) is 0 Å². The fraction of sp³-hybridized carbons (Fsp3) is 0.412. The third kappa shape index (κ3) is 1.77. The van der Waals surface area contributed by atoms with Crippen LogP contribution in [0, 0.1) is 5.92 Å². The number of nitrogen functional groups attached to an aromatic ring is 1. The summed E-state index contributed by atoms with van der Waals surface area (Å²) in [7, 11) is 0. The summed E-state index contributed by atoms with van der Waals surface area (Å²) in [6.07, 6.45) is 6.00. The van der Waals surface area contributed by atoms with Crippen molar-refractivity contribution < 1.29 is 0 Å². The molecule has 0 spiro atoms. The monoisotopic (exact) mass is 251 g/mol. The number of allylic oxidation sites excluding steroid dienone is 4. The zero-order chi connectivity index (χ0) is 13.7. The molecule has 1 unspecified atom stereocenters. The van der Waals surface area contributed by atoms with Crippen LogP contribution in [0.1, 0.15) is 44.2 Å². The first-order valence-electron chi connectivity index (χ1n) is 7.35. The van der Waals surface area contributed by atoms with Gasteiger partial charge in [-0.1, -0.05) is 57.4 Å². The van der Waals surface area contributed by atoms with E-state index >= 15 is 0 Å². The maximum Gasteiger partial charge on any atom is 0.210 e.